The molecular weight excluding hydrogens is 200 g/mol. The van der Waals surface area contributed by atoms with Gasteiger partial charge in [-0.2, -0.15) is 0 Å². The van der Waals surface area contributed by atoms with Gasteiger partial charge in [0.25, 0.3) is 0 Å². The molecule has 0 spiro atoms. The first-order valence-electron chi connectivity index (χ1n) is 5.61. The zero-order valence-electron chi connectivity index (χ0n) is 9.87. The molecule has 1 aromatic heterocycles. The van der Waals surface area contributed by atoms with Gasteiger partial charge in [0, 0.05) is 9.58 Å². The van der Waals surface area contributed by atoms with E-state index in [1.807, 2.05) is 11.3 Å². The Morgan fingerprint density at radius 1 is 0.933 bits per heavy atom. The maximum Gasteiger partial charge on any atom is 0.0345 e. The summed E-state index contributed by atoms with van der Waals surface area (Å²) < 4.78 is 1.42. The molecule has 0 saturated carbocycles. The molecule has 0 saturated heterocycles. The quantitative estimate of drug-likeness (QED) is 0.654. The molecule has 0 fully saturated rings. The van der Waals surface area contributed by atoms with Crippen LogP contribution in [0.25, 0.3) is 10.1 Å². The second-order valence-electron chi connectivity index (χ2n) is 4.76. The normalized spacial score (nSPS) is 11.9. The van der Waals surface area contributed by atoms with Gasteiger partial charge in [-0.05, 0) is 34.9 Å². The third-order valence-corrected chi connectivity index (χ3v) is 4.21. The van der Waals surface area contributed by atoms with E-state index in [9.17, 15) is 0 Å². The minimum Gasteiger partial charge on any atom is -0.140 e. The van der Waals surface area contributed by atoms with Gasteiger partial charge in [0.2, 0.25) is 0 Å². The molecule has 1 heterocycles. The van der Waals surface area contributed by atoms with E-state index in [0.717, 1.165) is 0 Å². The van der Waals surface area contributed by atoms with Crippen molar-refractivity contribution in [3.8, 4) is 0 Å². The first kappa shape index (κ1) is 10.7. The molecule has 0 unspecified atom stereocenters. The zero-order valence-corrected chi connectivity index (χ0v) is 10.7. The molecule has 15 heavy (non-hydrogen) atoms. The van der Waals surface area contributed by atoms with Crippen LogP contribution in [0.3, 0.4) is 0 Å². The van der Waals surface area contributed by atoms with E-state index in [0.29, 0.717) is 11.8 Å². The fourth-order valence-electron chi connectivity index (χ4n) is 1.73. The lowest BCUT2D eigenvalue weighted by atomic mass is 10.0. The lowest BCUT2D eigenvalue weighted by Gasteiger charge is -2.03. The summed E-state index contributed by atoms with van der Waals surface area (Å²) in [5.74, 6) is 1.27. The summed E-state index contributed by atoms with van der Waals surface area (Å²) in [4.78, 5) is 1.49. The Hall–Kier alpha value is -0.820. The number of hydrogen-bond donors (Lipinski definition) is 0. The highest BCUT2D eigenvalue weighted by molar-refractivity contribution is 7.19. The summed E-state index contributed by atoms with van der Waals surface area (Å²) >= 11 is 1.93. The average molecular weight is 218 g/mol. The first-order chi connectivity index (χ1) is 7.08. The molecule has 1 heteroatoms. The van der Waals surface area contributed by atoms with Crippen LogP contribution in [0.5, 0.6) is 0 Å². The maximum absolute atomic E-state index is 2.34. The van der Waals surface area contributed by atoms with Crippen LogP contribution in [-0.4, -0.2) is 0 Å². The van der Waals surface area contributed by atoms with Gasteiger partial charge in [-0.3, -0.25) is 0 Å². The number of fused-ring (bicyclic) bond motifs is 1. The van der Waals surface area contributed by atoms with E-state index in [4.69, 9.17) is 0 Å². The fourth-order valence-corrected chi connectivity index (χ4v) is 2.77. The van der Waals surface area contributed by atoms with Crippen molar-refractivity contribution in [3.05, 3.63) is 34.7 Å². The summed E-state index contributed by atoms with van der Waals surface area (Å²) in [6.45, 7) is 9.01. The second-order valence-corrected chi connectivity index (χ2v) is 5.87. The summed E-state index contributed by atoms with van der Waals surface area (Å²) in [6.07, 6.45) is 0. The molecule has 0 aliphatic carbocycles. The summed E-state index contributed by atoms with van der Waals surface area (Å²) in [6, 6.07) is 9.20. The third-order valence-electron chi connectivity index (χ3n) is 2.80. The molecule has 2 aromatic rings. The van der Waals surface area contributed by atoms with Crippen LogP contribution in [0.4, 0.5) is 0 Å². The largest absolute Gasteiger partial charge is 0.140 e. The van der Waals surface area contributed by atoms with Crippen LogP contribution >= 0.6 is 11.3 Å². The highest BCUT2D eigenvalue weighted by Crippen LogP contribution is 2.32. The van der Waals surface area contributed by atoms with Crippen LogP contribution in [-0.2, 0) is 0 Å². The average Bonchev–Trinajstić information content (AvgIpc) is 2.59. The number of hydrogen-bond acceptors (Lipinski definition) is 1. The Morgan fingerprint density at radius 2 is 1.67 bits per heavy atom. The summed E-state index contributed by atoms with van der Waals surface area (Å²) in [5, 5.41) is 1.41. The molecule has 0 radical (unpaired) electrons. The Labute approximate surface area is 95.9 Å². The van der Waals surface area contributed by atoms with Crippen LogP contribution in [0, 0.1) is 0 Å². The maximum atomic E-state index is 2.34. The minimum absolute atomic E-state index is 0.622. The standard InChI is InChI=1S/C14H18S/c1-9(2)11-5-6-13-12(7-11)8-14(15-13)10(3)4/h5-10H,1-4H3. The monoisotopic (exact) mass is 218 g/mol. The molecule has 0 nitrogen and oxygen atoms in total. The van der Waals surface area contributed by atoms with Gasteiger partial charge in [0.15, 0.2) is 0 Å². The highest BCUT2D eigenvalue weighted by atomic mass is 32.1. The molecule has 0 atom stereocenters. The molecule has 2 rings (SSSR count). The van der Waals surface area contributed by atoms with Gasteiger partial charge in [0.1, 0.15) is 0 Å². The number of rotatable bonds is 2. The van der Waals surface area contributed by atoms with E-state index in [2.05, 4.69) is 52.0 Å². The van der Waals surface area contributed by atoms with Gasteiger partial charge in [0.05, 0.1) is 0 Å². The van der Waals surface area contributed by atoms with E-state index in [1.54, 1.807) is 0 Å². The smallest absolute Gasteiger partial charge is 0.0345 e. The third kappa shape index (κ3) is 2.07. The van der Waals surface area contributed by atoms with Gasteiger partial charge in [-0.1, -0.05) is 39.8 Å². The summed E-state index contributed by atoms with van der Waals surface area (Å²) in [5.41, 5.74) is 1.44. The predicted octanol–water partition coefficient (Wildman–Crippen LogP) is 5.15. The van der Waals surface area contributed by atoms with Gasteiger partial charge in [-0.15, -0.1) is 11.3 Å². The Bertz CT molecular complexity index is 457. The van der Waals surface area contributed by atoms with E-state index in [-0.39, 0.29) is 0 Å². The van der Waals surface area contributed by atoms with Gasteiger partial charge >= 0.3 is 0 Å². The first-order valence-corrected chi connectivity index (χ1v) is 6.43. The molecule has 0 bridgehead atoms. The highest BCUT2D eigenvalue weighted by Gasteiger charge is 2.06. The molecule has 0 aliphatic rings. The van der Waals surface area contributed by atoms with Crippen molar-refractivity contribution < 1.29 is 0 Å². The van der Waals surface area contributed by atoms with Crippen molar-refractivity contribution in [3.63, 3.8) is 0 Å². The van der Waals surface area contributed by atoms with Crippen LogP contribution in [0.15, 0.2) is 24.3 Å². The Balaban J connectivity index is 2.52. The fraction of sp³-hybridized carbons (Fsp3) is 0.429. The molecule has 80 valence electrons. The minimum atomic E-state index is 0.622. The topological polar surface area (TPSA) is 0 Å². The lowest BCUT2D eigenvalue weighted by molar-refractivity contribution is 0.868. The van der Waals surface area contributed by atoms with E-state index in [1.165, 1.54) is 20.5 Å². The summed E-state index contributed by atoms with van der Waals surface area (Å²) in [7, 11) is 0. The number of benzene rings is 1. The van der Waals surface area contributed by atoms with Crippen molar-refractivity contribution in [1.29, 1.82) is 0 Å². The Morgan fingerprint density at radius 3 is 2.27 bits per heavy atom. The van der Waals surface area contributed by atoms with Crippen LogP contribution in [0.1, 0.15) is 50.0 Å². The van der Waals surface area contributed by atoms with Crippen molar-refractivity contribution >= 4 is 21.4 Å². The lowest BCUT2D eigenvalue weighted by Crippen LogP contribution is -1.84. The second kappa shape index (κ2) is 3.97. The Kier molecular flexibility index (Phi) is 2.83. The van der Waals surface area contributed by atoms with E-state index < -0.39 is 0 Å². The molecule has 0 amide bonds. The molecule has 0 aliphatic heterocycles. The molecule has 1 aromatic carbocycles. The van der Waals surface area contributed by atoms with Crippen LogP contribution in [0.2, 0.25) is 0 Å². The zero-order chi connectivity index (χ0) is 11.0. The number of thiophene rings is 1. The van der Waals surface area contributed by atoms with E-state index >= 15 is 0 Å². The van der Waals surface area contributed by atoms with Crippen molar-refractivity contribution in [2.24, 2.45) is 0 Å². The SMILES string of the molecule is CC(C)c1ccc2sc(C(C)C)cc2c1. The van der Waals surface area contributed by atoms with Crippen molar-refractivity contribution in [2.45, 2.75) is 39.5 Å². The molecular formula is C14H18S. The van der Waals surface area contributed by atoms with Crippen molar-refractivity contribution in [2.75, 3.05) is 0 Å². The van der Waals surface area contributed by atoms with Gasteiger partial charge in [-0.25, -0.2) is 0 Å². The predicted molar refractivity (Wildman–Crippen MR) is 70.0 cm³/mol. The van der Waals surface area contributed by atoms with Crippen molar-refractivity contribution in [1.82, 2.24) is 0 Å². The van der Waals surface area contributed by atoms with Gasteiger partial charge < -0.3 is 0 Å². The van der Waals surface area contributed by atoms with Crippen LogP contribution < -0.4 is 0 Å². The molecule has 0 N–H and O–H groups in total.